The normalized spacial score (nSPS) is 10.4. The topological polar surface area (TPSA) is 38.9 Å². The average molecular weight is 241 g/mol. The van der Waals surface area contributed by atoms with Gasteiger partial charge in [-0.3, -0.25) is 0 Å². The maximum Gasteiger partial charge on any atom is 0.165 e. The fourth-order valence-electron chi connectivity index (χ4n) is 1.32. The second-order valence-corrected chi connectivity index (χ2v) is 3.62. The molecule has 1 aromatic heterocycles. The summed E-state index contributed by atoms with van der Waals surface area (Å²) >= 11 is 5.83. The molecule has 0 saturated carbocycles. The standard InChI is InChI=1S/C11H7ClF2N2/c12-9-4-7(13)1-2-8(9)6-3-10(14)11(15)16-5-6/h1-5H,(H2,15,16). The van der Waals surface area contributed by atoms with Crippen molar-refractivity contribution in [3.05, 3.63) is 47.1 Å². The van der Waals surface area contributed by atoms with Gasteiger partial charge in [-0.05, 0) is 24.3 Å². The van der Waals surface area contributed by atoms with Gasteiger partial charge < -0.3 is 5.73 Å². The van der Waals surface area contributed by atoms with Crippen LogP contribution in [0.4, 0.5) is 14.6 Å². The van der Waals surface area contributed by atoms with E-state index in [2.05, 4.69) is 4.98 Å². The van der Waals surface area contributed by atoms with Gasteiger partial charge in [-0.2, -0.15) is 0 Å². The van der Waals surface area contributed by atoms with Gasteiger partial charge in [0.2, 0.25) is 0 Å². The third kappa shape index (κ3) is 1.97. The number of aromatic nitrogens is 1. The molecule has 0 amide bonds. The lowest BCUT2D eigenvalue weighted by Crippen LogP contribution is -1.95. The SMILES string of the molecule is Nc1ncc(-c2ccc(F)cc2Cl)cc1F. The van der Waals surface area contributed by atoms with Crippen molar-refractivity contribution in [2.75, 3.05) is 5.73 Å². The van der Waals surface area contributed by atoms with E-state index in [4.69, 9.17) is 17.3 Å². The summed E-state index contributed by atoms with van der Waals surface area (Å²) in [7, 11) is 0. The van der Waals surface area contributed by atoms with Crippen molar-refractivity contribution in [2.24, 2.45) is 0 Å². The summed E-state index contributed by atoms with van der Waals surface area (Å²) in [4.78, 5) is 3.67. The molecule has 2 N–H and O–H groups in total. The molecule has 0 aliphatic carbocycles. The molecule has 5 heteroatoms. The summed E-state index contributed by atoms with van der Waals surface area (Å²) in [6.45, 7) is 0. The molecule has 0 aliphatic heterocycles. The molecule has 0 radical (unpaired) electrons. The highest BCUT2D eigenvalue weighted by atomic mass is 35.5. The first-order valence-corrected chi connectivity index (χ1v) is 4.82. The first-order valence-electron chi connectivity index (χ1n) is 4.44. The second kappa shape index (κ2) is 4.06. The van der Waals surface area contributed by atoms with E-state index in [-0.39, 0.29) is 10.8 Å². The first kappa shape index (κ1) is 10.8. The van der Waals surface area contributed by atoms with Gasteiger partial charge in [-0.25, -0.2) is 13.8 Å². The Morgan fingerprint density at radius 3 is 2.56 bits per heavy atom. The minimum atomic E-state index is -0.627. The van der Waals surface area contributed by atoms with Crippen molar-refractivity contribution >= 4 is 17.4 Å². The zero-order valence-electron chi connectivity index (χ0n) is 8.05. The Morgan fingerprint density at radius 1 is 1.19 bits per heavy atom. The number of hydrogen-bond donors (Lipinski definition) is 1. The molecule has 0 fully saturated rings. The molecule has 82 valence electrons. The lowest BCUT2D eigenvalue weighted by Gasteiger charge is -2.05. The zero-order valence-corrected chi connectivity index (χ0v) is 8.80. The maximum atomic E-state index is 13.2. The van der Waals surface area contributed by atoms with Gasteiger partial charge in [0.25, 0.3) is 0 Å². The van der Waals surface area contributed by atoms with Gasteiger partial charge in [0.05, 0.1) is 5.02 Å². The van der Waals surface area contributed by atoms with Crippen LogP contribution >= 0.6 is 11.6 Å². The van der Waals surface area contributed by atoms with Crippen molar-refractivity contribution in [3.63, 3.8) is 0 Å². The van der Waals surface area contributed by atoms with Crippen molar-refractivity contribution in [2.45, 2.75) is 0 Å². The van der Waals surface area contributed by atoms with E-state index in [1.165, 1.54) is 24.4 Å². The van der Waals surface area contributed by atoms with Crippen LogP contribution in [0.3, 0.4) is 0 Å². The first-order chi connectivity index (χ1) is 7.58. The highest BCUT2D eigenvalue weighted by Crippen LogP contribution is 2.29. The highest BCUT2D eigenvalue weighted by Gasteiger charge is 2.08. The van der Waals surface area contributed by atoms with E-state index < -0.39 is 11.6 Å². The quantitative estimate of drug-likeness (QED) is 0.831. The van der Waals surface area contributed by atoms with E-state index in [0.717, 1.165) is 6.07 Å². The second-order valence-electron chi connectivity index (χ2n) is 3.22. The molecule has 1 aromatic carbocycles. The number of nitrogens with two attached hydrogens (primary N) is 1. The molecule has 0 spiro atoms. The Labute approximate surface area is 95.7 Å². The maximum absolute atomic E-state index is 13.2. The Morgan fingerprint density at radius 2 is 1.94 bits per heavy atom. The molecule has 0 saturated heterocycles. The molecule has 0 aliphatic rings. The smallest absolute Gasteiger partial charge is 0.165 e. The molecule has 0 atom stereocenters. The van der Waals surface area contributed by atoms with Crippen molar-refractivity contribution in [1.82, 2.24) is 4.98 Å². The monoisotopic (exact) mass is 240 g/mol. The molecular formula is C11H7ClF2N2. The summed E-state index contributed by atoms with van der Waals surface area (Å²) in [5, 5.41) is 0.200. The van der Waals surface area contributed by atoms with Crippen LogP contribution in [0, 0.1) is 11.6 Å². The van der Waals surface area contributed by atoms with E-state index in [1.54, 1.807) is 0 Å². The van der Waals surface area contributed by atoms with Gasteiger partial charge in [0.1, 0.15) is 5.82 Å². The molecule has 16 heavy (non-hydrogen) atoms. The number of benzene rings is 1. The molecule has 2 aromatic rings. The number of nitrogens with zero attached hydrogens (tertiary/aromatic N) is 1. The Bertz CT molecular complexity index is 544. The minimum Gasteiger partial charge on any atom is -0.381 e. The number of hydrogen-bond acceptors (Lipinski definition) is 2. The van der Waals surface area contributed by atoms with E-state index in [9.17, 15) is 8.78 Å². The highest BCUT2D eigenvalue weighted by molar-refractivity contribution is 6.33. The molecule has 2 nitrogen and oxygen atoms in total. The molecule has 2 rings (SSSR count). The molecule has 0 unspecified atom stereocenters. The van der Waals surface area contributed by atoms with Crippen LogP contribution in [0.25, 0.3) is 11.1 Å². The number of pyridine rings is 1. The molecule has 0 bridgehead atoms. The van der Waals surface area contributed by atoms with Crippen LogP contribution < -0.4 is 5.73 Å². The summed E-state index contributed by atoms with van der Waals surface area (Å²) in [5.74, 6) is -1.25. The van der Waals surface area contributed by atoms with E-state index in [1.807, 2.05) is 0 Å². The summed E-state index contributed by atoms with van der Waals surface area (Å²) in [6, 6.07) is 5.08. The average Bonchev–Trinajstić information content (AvgIpc) is 2.22. The van der Waals surface area contributed by atoms with Gasteiger partial charge in [-0.1, -0.05) is 11.6 Å². The van der Waals surface area contributed by atoms with Crippen molar-refractivity contribution < 1.29 is 8.78 Å². The van der Waals surface area contributed by atoms with Crippen LogP contribution in [0.5, 0.6) is 0 Å². The van der Waals surface area contributed by atoms with Gasteiger partial charge in [0, 0.05) is 17.3 Å². The molecule has 1 heterocycles. The van der Waals surface area contributed by atoms with E-state index in [0.29, 0.717) is 11.1 Å². The Kier molecular flexibility index (Phi) is 2.75. The summed E-state index contributed by atoms with van der Waals surface area (Å²) < 4.78 is 26.0. The van der Waals surface area contributed by atoms with Gasteiger partial charge in [-0.15, -0.1) is 0 Å². The van der Waals surface area contributed by atoms with Crippen molar-refractivity contribution in [3.8, 4) is 11.1 Å². The van der Waals surface area contributed by atoms with Crippen LogP contribution in [-0.4, -0.2) is 4.98 Å². The molecular weight excluding hydrogens is 234 g/mol. The van der Waals surface area contributed by atoms with Crippen LogP contribution in [0.2, 0.25) is 5.02 Å². The predicted octanol–water partition coefficient (Wildman–Crippen LogP) is 3.26. The summed E-state index contributed by atoms with van der Waals surface area (Å²) in [5.41, 5.74) is 6.21. The van der Waals surface area contributed by atoms with Gasteiger partial charge in [0.15, 0.2) is 11.6 Å². The lowest BCUT2D eigenvalue weighted by atomic mass is 10.1. The number of rotatable bonds is 1. The third-order valence-electron chi connectivity index (χ3n) is 2.11. The van der Waals surface area contributed by atoms with Crippen molar-refractivity contribution in [1.29, 1.82) is 0 Å². The number of nitrogen functional groups attached to an aromatic ring is 1. The Hall–Kier alpha value is -1.68. The lowest BCUT2D eigenvalue weighted by molar-refractivity contribution is 0.627. The fraction of sp³-hybridized carbons (Fsp3) is 0. The van der Waals surface area contributed by atoms with Crippen LogP contribution in [0.15, 0.2) is 30.5 Å². The minimum absolute atomic E-state index is 0.179. The van der Waals surface area contributed by atoms with E-state index >= 15 is 0 Å². The van der Waals surface area contributed by atoms with Crippen LogP contribution in [0.1, 0.15) is 0 Å². The zero-order chi connectivity index (χ0) is 11.7. The Balaban J connectivity index is 2.54. The van der Waals surface area contributed by atoms with Crippen LogP contribution in [-0.2, 0) is 0 Å². The number of anilines is 1. The largest absolute Gasteiger partial charge is 0.381 e. The number of halogens is 3. The van der Waals surface area contributed by atoms with Gasteiger partial charge >= 0.3 is 0 Å². The predicted molar refractivity (Wildman–Crippen MR) is 59.0 cm³/mol. The fourth-order valence-corrected chi connectivity index (χ4v) is 1.60. The third-order valence-corrected chi connectivity index (χ3v) is 2.42. The summed E-state index contributed by atoms with van der Waals surface area (Å²) in [6.07, 6.45) is 1.39.